The van der Waals surface area contributed by atoms with Crippen molar-refractivity contribution in [1.29, 1.82) is 0 Å². The van der Waals surface area contributed by atoms with E-state index in [9.17, 15) is 9.18 Å². The number of carbonyl (C=O) groups excluding carboxylic acids is 1. The summed E-state index contributed by atoms with van der Waals surface area (Å²) in [5, 5.41) is 13.5. The molecule has 0 saturated carbocycles. The molecule has 2 amide bonds. The topological polar surface area (TPSA) is 79.0 Å². The van der Waals surface area contributed by atoms with Crippen molar-refractivity contribution >= 4 is 46.0 Å². The minimum Gasteiger partial charge on any atom is -0.374 e. The summed E-state index contributed by atoms with van der Waals surface area (Å²) in [6, 6.07) is 9.03. The van der Waals surface area contributed by atoms with Gasteiger partial charge in [0.05, 0.1) is 22.3 Å². The Bertz CT molecular complexity index is 1040. The summed E-state index contributed by atoms with van der Waals surface area (Å²) < 4.78 is 19.0. The molecule has 6 nitrogen and oxygen atoms in total. The van der Waals surface area contributed by atoms with E-state index in [2.05, 4.69) is 20.8 Å². The number of hydrogen-bond donors (Lipinski definition) is 3. The standard InChI is InChI=1S/C20H18ClFN4O2/c21-16-7-4-12(10-17(16)22)23-20(27)24-13-3-6-15-18(25-26-19(15)11-13)8-5-14-2-1-9-28-14/h3-8,10-11,14H,1-2,9H2,(H,25,26)(H2,23,24,27)/b8-5+. The maximum Gasteiger partial charge on any atom is 0.323 e. The number of nitrogens with one attached hydrogen (secondary N) is 3. The zero-order chi connectivity index (χ0) is 19.5. The molecule has 28 heavy (non-hydrogen) atoms. The number of nitrogens with zero attached hydrogens (tertiary/aromatic N) is 1. The van der Waals surface area contributed by atoms with Crippen LogP contribution in [-0.2, 0) is 4.74 Å². The Morgan fingerprint density at radius 2 is 2.04 bits per heavy atom. The average Bonchev–Trinajstić information content (AvgIpc) is 3.32. The fourth-order valence-corrected chi connectivity index (χ4v) is 3.18. The van der Waals surface area contributed by atoms with Crippen LogP contribution < -0.4 is 10.6 Å². The summed E-state index contributed by atoms with van der Waals surface area (Å²) in [5.41, 5.74) is 2.50. The fraction of sp³-hybridized carbons (Fsp3) is 0.200. The molecule has 3 aromatic rings. The van der Waals surface area contributed by atoms with Crippen LogP contribution in [0.5, 0.6) is 0 Å². The summed E-state index contributed by atoms with van der Waals surface area (Å²) in [6.07, 6.45) is 6.22. The van der Waals surface area contributed by atoms with E-state index in [0.29, 0.717) is 11.4 Å². The Hall–Kier alpha value is -2.90. The third-order valence-electron chi connectivity index (χ3n) is 4.46. The van der Waals surface area contributed by atoms with Crippen LogP contribution in [0.4, 0.5) is 20.6 Å². The number of ether oxygens (including phenoxy) is 1. The minimum absolute atomic E-state index is 0.00000207. The van der Waals surface area contributed by atoms with Crippen molar-refractivity contribution in [3.8, 4) is 0 Å². The van der Waals surface area contributed by atoms with Crippen LogP contribution in [0.15, 0.2) is 42.5 Å². The van der Waals surface area contributed by atoms with Crippen molar-refractivity contribution < 1.29 is 13.9 Å². The van der Waals surface area contributed by atoms with Gasteiger partial charge < -0.3 is 15.4 Å². The highest BCUT2D eigenvalue weighted by molar-refractivity contribution is 6.30. The number of hydrogen-bond acceptors (Lipinski definition) is 3. The number of urea groups is 1. The van der Waals surface area contributed by atoms with Gasteiger partial charge in [-0.3, -0.25) is 5.10 Å². The number of H-pyrrole nitrogens is 1. The highest BCUT2D eigenvalue weighted by atomic mass is 35.5. The van der Waals surface area contributed by atoms with E-state index in [-0.39, 0.29) is 11.1 Å². The lowest BCUT2D eigenvalue weighted by atomic mass is 10.1. The molecule has 1 aliphatic heterocycles. The molecule has 0 spiro atoms. The largest absolute Gasteiger partial charge is 0.374 e. The number of halogens is 2. The van der Waals surface area contributed by atoms with Gasteiger partial charge >= 0.3 is 6.03 Å². The van der Waals surface area contributed by atoms with Crippen molar-refractivity contribution in [1.82, 2.24) is 10.2 Å². The third kappa shape index (κ3) is 4.16. The molecular weight excluding hydrogens is 383 g/mol. The first-order valence-electron chi connectivity index (χ1n) is 8.89. The number of aromatic amines is 1. The third-order valence-corrected chi connectivity index (χ3v) is 4.77. The van der Waals surface area contributed by atoms with Crippen molar-refractivity contribution in [2.24, 2.45) is 0 Å². The Morgan fingerprint density at radius 1 is 1.25 bits per heavy atom. The van der Waals surface area contributed by atoms with E-state index in [1.807, 2.05) is 18.2 Å². The molecule has 4 rings (SSSR count). The van der Waals surface area contributed by atoms with Gasteiger partial charge in [0, 0.05) is 23.4 Å². The number of aromatic nitrogens is 2. The van der Waals surface area contributed by atoms with E-state index in [0.717, 1.165) is 42.1 Å². The van der Waals surface area contributed by atoms with Crippen LogP contribution in [0.2, 0.25) is 5.02 Å². The maximum absolute atomic E-state index is 13.5. The second-order valence-corrected chi connectivity index (χ2v) is 6.90. The summed E-state index contributed by atoms with van der Waals surface area (Å²) in [6.45, 7) is 0.802. The average molecular weight is 401 g/mol. The predicted molar refractivity (Wildman–Crippen MR) is 108 cm³/mol. The Kier molecular flexibility index (Phi) is 5.27. The lowest BCUT2D eigenvalue weighted by Gasteiger charge is -2.08. The van der Waals surface area contributed by atoms with Gasteiger partial charge in [0.25, 0.3) is 0 Å². The quantitative estimate of drug-likeness (QED) is 0.563. The summed E-state index contributed by atoms with van der Waals surface area (Å²) in [7, 11) is 0. The monoisotopic (exact) mass is 400 g/mol. The second kappa shape index (κ2) is 8.00. The SMILES string of the molecule is O=C(Nc1ccc(Cl)c(F)c1)Nc1ccc2c(/C=C/C3CCCO3)n[nH]c2c1. The zero-order valence-corrected chi connectivity index (χ0v) is 15.6. The molecule has 1 aromatic heterocycles. The highest BCUT2D eigenvalue weighted by Gasteiger charge is 2.12. The lowest BCUT2D eigenvalue weighted by molar-refractivity contribution is 0.146. The van der Waals surface area contributed by atoms with Crippen molar-refractivity contribution in [3.05, 3.63) is 59.0 Å². The van der Waals surface area contributed by atoms with E-state index in [4.69, 9.17) is 16.3 Å². The van der Waals surface area contributed by atoms with Crippen molar-refractivity contribution in [2.75, 3.05) is 17.2 Å². The molecule has 1 fully saturated rings. The number of carbonyl (C=O) groups is 1. The first kappa shape index (κ1) is 18.5. The Labute approximate surface area is 165 Å². The summed E-state index contributed by atoms with van der Waals surface area (Å²) in [4.78, 5) is 12.1. The second-order valence-electron chi connectivity index (χ2n) is 6.49. The molecule has 1 unspecified atom stereocenters. The predicted octanol–water partition coefficient (Wildman–Crippen LogP) is 5.19. The first-order valence-corrected chi connectivity index (χ1v) is 9.27. The van der Waals surface area contributed by atoms with Gasteiger partial charge in [0.15, 0.2) is 0 Å². The van der Waals surface area contributed by atoms with Crippen LogP contribution in [0, 0.1) is 5.82 Å². The number of fused-ring (bicyclic) bond motifs is 1. The number of rotatable bonds is 4. The number of benzene rings is 2. The van der Waals surface area contributed by atoms with E-state index in [1.165, 1.54) is 12.1 Å². The fourth-order valence-electron chi connectivity index (χ4n) is 3.07. The van der Waals surface area contributed by atoms with Crippen LogP contribution in [-0.4, -0.2) is 28.9 Å². The van der Waals surface area contributed by atoms with Crippen molar-refractivity contribution in [3.63, 3.8) is 0 Å². The van der Waals surface area contributed by atoms with Crippen molar-refractivity contribution in [2.45, 2.75) is 18.9 Å². The molecule has 2 heterocycles. The molecule has 144 valence electrons. The van der Waals surface area contributed by atoms with Gasteiger partial charge in [0.2, 0.25) is 0 Å². The molecule has 0 aliphatic carbocycles. The molecule has 0 radical (unpaired) electrons. The van der Waals surface area contributed by atoms with E-state index < -0.39 is 11.8 Å². The molecule has 8 heteroatoms. The normalized spacial score (nSPS) is 16.7. The van der Waals surface area contributed by atoms with E-state index in [1.54, 1.807) is 12.1 Å². The first-order chi connectivity index (χ1) is 13.6. The van der Waals surface area contributed by atoms with Crippen LogP contribution in [0.3, 0.4) is 0 Å². The van der Waals surface area contributed by atoms with Gasteiger partial charge in [-0.05, 0) is 55.3 Å². The number of amides is 2. The Balaban J connectivity index is 1.44. The van der Waals surface area contributed by atoms with Gasteiger partial charge in [-0.1, -0.05) is 17.7 Å². The minimum atomic E-state index is -0.595. The van der Waals surface area contributed by atoms with Gasteiger partial charge in [-0.2, -0.15) is 5.10 Å². The smallest absolute Gasteiger partial charge is 0.323 e. The van der Waals surface area contributed by atoms with Gasteiger partial charge in [-0.15, -0.1) is 0 Å². The molecule has 1 aliphatic rings. The molecule has 0 bridgehead atoms. The highest BCUT2D eigenvalue weighted by Crippen LogP contribution is 2.23. The van der Waals surface area contributed by atoms with Crippen LogP contribution in [0.1, 0.15) is 18.5 Å². The van der Waals surface area contributed by atoms with Crippen LogP contribution in [0.25, 0.3) is 17.0 Å². The van der Waals surface area contributed by atoms with Gasteiger partial charge in [-0.25, -0.2) is 9.18 Å². The van der Waals surface area contributed by atoms with Gasteiger partial charge in [0.1, 0.15) is 5.82 Å². The molecule has 1 atom stereocenters. The lowest BCUT2D eigenvalue weighted by Crippen LogP contribution is -2.19. The Morgan fingerprint density at radius 3 is 2.79 bits per heavy atom. The molecule has 1 saturated heterocycles. The van der Waals surface area contributed by atoms with Crippen LogP contribution >= 0.6 is 11.6 Å². The number of anilines is 2. The van der Waals surface area contributed by atoms with E-state index >= 15 is 0 Å². The summed E-state index contributed by atoms with van der Waals surface area (Å²) in [5.74, 6) is -0.595. The zero-order valence-electron chi connectivity index (χ0n) is 14.8. The maximum atomic E-state index is 13.5. The molecule has 2 aromatic carbocycles. The molecular formula is C20H18ClFN4O2. The molecule has 3 N–H and O–H groups in total. The summed E-state index contributed by atoms with van der Waals surface area (Å²) >= 11 is 5.64.